The minimum absolute atomic E-state index is 0.146. The van der Waals surface area contributed by atoms with Crippen LogP contribution < -0.4 is 16.1 Å². The maximum absolute atomic E-state index is 13.7. The molecule has 4 aromatic rings. The molecule has 0 amide bonds. The number of rotatable bonds is 4. The zero-order chi connectivity index (χ0) is 25.0. The average Bonchev–Trinajstić information content (AvgIpc) is 3.29. The summed E-state index contributed by atoms with van der Waals surface area (Å²) < 4.78 is 18.5. The third kappa shape index (κ3) is 3.40. The molecule has 1 aliphatic carbocycles. The van der Waals surface area contributed by atoms with Crippen molar-refractivity contribution >= 4 is 17.3 Å². The van der Waals surface area contributed by atoms with Crippen LogP contribution in [-0.4, -0.2) is 9.49 Å². The van der Waals surface area contributed by atoms with E-state index in [0.29, 0.717) is 16.3 Å². The Bertz CT molecular complexity index is 1690. The van der Waals surface area contributed by atoms with Crippen LogP contribution in [0.1, 0.15) is 23.1 Å². The number of non-ortho nitro benzene ring substituents is 1. The zero-order valence-electron chi connectivity index (χ0n) is 18.3. The number of nitro groups is 1. The Kier molecular flexibility index (Phi) is 5.01. The van der Waals surface area contributed by atoms with Crippen LogP contribution in [0.3, 0.4) is 0 Å². The second kappa shape index (κ2) is 8.24. The van der Waals surface area contributed by atoms with Gasteiger partial charge in [-0.05, 0) is 24.3 Å². The van der Waals surface area contributed by atoms with Gasteiger partial charge in [0.2, 0.25) is 0 Å². The van der Waals surface area contributed by atoms with Gasteiger partial charge in [-0.3, -0.25) is 14.9 Å². The molecule has 0 spiro atoms. The van der Waals surface area contributed by atoms with Gasteiger partial charge in [0, 0.05) is 29.3 Å². The number of benzene rings is 3. The Hall–Kier alpha value is -4.63. The number of hydrogen-bond donors (Lipinski definition) is 0. The SMILES string of the molecule is O=c1oc2c(c(=O)n1-c1ccc([N+](=O)[O-])cc1)C1C=C(Oc3ccccc3Cl)OC1c1ccccc1-2. The van der Waals surface area contributed by atoms with E-state index >= 15 is 0 Å². The number of hydrogen-bond acceptors (Lipinski definition) is 7. The monoisotopic (exact) mass is 502 g/mol. The van der Waals surface area contributed by atoms with Gasteiger partial charge in [-0.2, -0.15) is 0 Å². The third-order valence-corrected chi connectivity index (χ3v) is 6.46. The van der Waals surface area contributed by atoms with Gasteiger partial charge in [0.05, 0.1) is 27.1 Å². The first kappa shape index (κ1) is 21.9. The number of aromatic nitrogens is 1. The Morgan fingerprint density at radius 1 is 0.972 bits per heavy atom. The van der Waals surface area contributed by atoms with Crippen LogP contribution in [0.2, 0.25) is 5.02 Å². The molecule has 178 valence electrons. The van der Waals surface area contributed by atoms with Crippen LogP contribution in [0.5, 0.6) is 5.75 Å². The van der Waals surface area contributed by atoms with Crippen molar-refractivity contribution in [3.63, 3.8) is 0 Å². The van der Waals surface area contributed by atoms with E-state index in [0.717, 1.165) is 10.1 Å². The summed E-state index contributed by atoms with van der Waals surface area (Å²) in [5, 5.41) is 11.4. The van der Waals surface area contributed by atoms with Gasteiger partial charge in [0.1, 0.15) is 17.6 Å². The lowest BCUT2D eigenvalue weighted by Gasteiger charge is -2.27. The highest BCUT2D eigenvalue weighted by molar-refractivity contribution is 6.32. The minimum Gasteiger partial charge on any atom is -0.456 e. The molecule has 3 aromatic carbocycles. The highest BCUT2D eigenvalue weighted by Crippen LogP contribution is 2.51. The van der Waals surface area contributed by atoms with Crippen molar-refractivity contribution in [3.8, 4) is 22.8 Å². The van der Waals surface area contributed by atoms with E-state index in [1.54, 1.807) is 42.5 Å². The van der Waals surface area contributed by atoms with Crippen LogP contribution in [0.15, 0.2) is 98.8 Å². The molecule has 0 fully saturated rings. The summed E-state index contributed by atoms with van der Waals surface area (Å²) in [7, 11) is 0. The lowest BCUT2D eigenvalue weighted by Crippen LogP contribution is -2.36. The fourth-order valence-corrected chi connectivity index (χ4v) is 4.71. The number of ether oxygens (including phenoxy) is 2. The number of halogens is 1. The largest absolute Gasteiger partial charge is 0.456 e. The van der Waals surface area contributed by atoms with E-state index in [2.05, 4.69) is 0 Å². The first-order valence-corrected chi connectivity index (χ1v) is 11.2. The summed E-state index contributed by atoms with van der Waals surface area (Å²) in [4.78, 5) is 37.2. The van der Waals surface area contributed by atoms with Crippen LogP contribution in [-0.2, 0) is 4.74 Å². The highest BCUT2D eigenvalue weighted by atomic mass is 35.5. The fourth-order valence-electron chi connectivity index (χ4n) is 4.54. The molecule has 2 atom stereocenters. The lowest BCUT2D eigenvalue weighted by atomic mass is 9.81. The van der Waals surface area contributed by atoms with E-state index in [1.165, 1.54) is 24.3 Å². The van der Waals surface area contributed by atoms with Crippen molar-refractivity contribution in [2.24, 2.45) is 0 Å². The second-order valence-corrected chi connectivity index (χ2v) is 8.60. The quantitative estimate of drug-likeness (QED) is 0.281. The normalized spacial score (nSPS) is 17.3. The van der Waals surface area contributed by atoms with Crippen LogP contribution in [0.4, 0.5) is 5.69 Å². The zero-order valence-corrected chi connectivity index (χ0v) is 19.0. The van der Waals surface area contributed by atoms with Gasteiger partial charge < -0.3 is 13.9 Å². The molecule has 36 heavy (non-hydrogen) atoms. The maximum Gasteiger partial charge on any atom is 0.426 e. The maximum atomic E-state index is 13.7. The number of nitro benzene ring substituents is 1. The molecule has 0 bridgehead atoms. The Morgan fingerprint density at radius 3 is 2.44 bits per heavy atom. The standard InChI is InChI=1S/C26H15ClN2O7/c27-19-7-3-4-8-20(19)34-21-13-18-22-24(17-6-2-1-5-16(17)23(18)35-21)36-26(31)28(25(22)30)14-9-11-15(12-10-14)29(32)33/h1-13,18,23H. The van der Waals surface area contributed by atoms with Crippen molar-refractivity contribution in [2.45, 2.75) is 12.0 Å². The number of para-hydroxylation sites is 1. The topological polar surface area (TPSA) is 114 Å². The predicted octanol–water partition coefficient (Wildman–Crippen LogP) is 5.11. The summed E-state index contributed by atoms with van der Waals surface area (Å²) in [5.74, 6) is -0.822. The molecule has 2 heterocycles. The first-order chi connectivity index (χ1) is 17.4. The smallest absolute Gasteiger partial charge is 0.426 e. The molecule has 0 radical (unpaired) electrons. The van der Waals surface area contributed by atoms with Crippen molar-refractivity contribution in [3.05, 3.63) is 132 Å². The molecule has 2 aliphatic rings. The predicted molar refractivity (Wildman–Crippen MR) is 129 cm³/mol. The van der Waals surface area contributed by atoms with Crippen LogP contribution >= 0.6 is 11.6 Å². The molecule has 0 N–H and O–H groups in total. The molecule has 9 nitrogen and oxygen atoms in total. The minimum atomic E-state index is -0.906. The fraction of sp³-hybridized carbons (Fsp3) is 0.0769. The number of nitrogens with zero attached hydrogens (tertiary/aromatic N) is 2. The molecule has 0 saturated heterocycles. The summed E-state index contributed by atoms with van der Waals surface area (Å²) >= 11 is 6.23. The summed E-state index contributed by atoms with van der Waals surface area (Å²) in [6, 6.07) is 19.2. The van der Waals surface area contributed by atoms with Gasteiger partial charge in [-0.25, -0.2) is 9.36 Å². The van der Waals surface area contributed by atoms with E-state index < -0.39 is 28.3 Å². The van der Waals surface area contributed by atoms with Crippen molar-refractivity contribution in [1.29, 1.82) is 0 Å². The third-order valence-electron chi connectivity index (χ3n) is 6.15. The highest BCUT2D eigenvalue weighted by Gasteiger charge is 2.43. The molecular formula is C26H15ClN2O7. The first-order valence-electron chi connectivity index (χ1n) is 10.9. The summed E-state index contributed by atoms with van der Waals surface area (Å²) in [5.41, 5.74) is 0.878. The Morgan fingerprint density at radius 2 is 1.69 bits per heavy atom. The molecule has 2 unspecified atom stereocenters. The van der Waals surface area contributed by atoms with Crippen molar-refractivity contribution < 1.29 is 18.8 Å². The van der Waals surface area contributed by atoms with Gasteiger partial charge in [0.25, 0.3) is 17.2 Å². The lowest BCUT2D eigenvalue weighted by molar-refractivity contribution is -0.384. The van der Waals surface area contributed by atoms with Crippen LogP contribution in [0.25, 0.3) is 17.0 Å². The molecule has 6 rings (SSSR count). The van der Waals surface area contributed by atoms with E-state index in [-0.39, 0.29) is 28.6 Å². The van der Waals surface area contributed by atoms with Gasteiger partial charge in [0.15, 0.2) is 0 Å². The second-order valence-electron chi connectivity index (χ2n) is 8.19. The number of fused-ring (bicyclic) bond motifs is 6. The van der Waals surface area contributed by atoms with Gasteiger partial charge in [-0.1, -0.05) is 48.0 Å². The van der Waals surface area contributed by atoms with Crippen LogP contribution in [0, 0.1) is 10.1 Å². The molecule has 0 saturated carbocycles. The van der Waals surface area contributed by atoms with E-state index in [4.69, 9.17) is 25.5 Å². The molecular weight excluding hydrogens is 488 g/mol. The Balaban J connectivity index is 1.52. The van der Waals surface area contributed by atoms with E-state index in [1.807, 2.05) is 12.1 Å². The van der Waals surface area contributed by atoms with Gasteiger partial charge in [-0.15, -0.1) is 0 Å². The van der Waals surface area contributed by atoms with Crippen molar-refractivity contribution in [1.82, 2.24) is 4.57 Å². The average molecular weight is 503 g/mol. The molecule has 1 aromatic heterocycles. The van der Waals surface area contributed by atoms with Crippen molar-refractivity contribution in [2.75, 3.05) is 0 Å². The molecule has 1 aliphatic heterocycles. The molecule has 10 heteroatoms. The Labute approximate surface area is 207 Å². The van der Waals surface area contributed by atoms with Gasteiger partial charge >= 0.3 is 5.76 Å². The van der Waals surface area contributed by atoms with E-state index in [9.17, 15) is 19.7 Å². The summed E-state index contributed by atoms with van der Waals surface area (Å²) in [6.07, 6.45) is 1.06. The summed E-state index contributed by atoms with van der Waals surface area (Å²) in [6.45, 7) is 0.